The number of hydrogen-bond donors (Lipinski definition) is 0. The van der Waals surface area contributed by atoms with Crippen molar-refractivity contribution in [3.05, 3.63) is 38.2 Å². The van der Waals surface area contributed by atoms with Crippen molar-refractivity contribution >= 4 is 32.2 Å². The van der Waals surface area contributed by atoms with Crippen molar-refractivity contribution in [2.45, 2.75) is 45.2 Å². The van der Waals surface area contributed by atoms with Crippen molar-refractivity contribution in [3.63, 3.8) is 0 Å². The van der Waals surface area contributed by atoms with Gasteiger partial charge in [0, 0.05) is 32.2 Å². The van der Waals surface area contributed by atoms with Gasteiger partial charge in [0.05, 0.1) is 15.9 Å². The van der Waals surface area contributed by atoms with Crippen LogP contribution in [0.3, 0.4) is 0 Å². The molecule has 7 nitrogen and oxygen atoms in total. The van der Waals surface area contributed by atoms with Crippen LogP contribution >= 0.6 is 11.3 Å². The van der Waals surface area contributed by atoms with Crippen molar-refractivity contribution < 1.29 is 18.1 Å². The quantitative estimate of drug-likeness (QED) is 0.325. The number of fused-ring (bicyclic) bond motifs is 1. The Kier molecular flexibility index (Phi) is 7.47. The number of alkyl halides is 3. The minimum atomic E-state index is -4.79. The summed E-state index contributed by atoms with van der Waals surface area (Å²) in [6.07, 6.45) is 1.23. The maximum Gasteiger partial charge on any atom is 0.416 e. The molecule has 1 aliphatic rings. The van der Waals surface area contributed by atoms with Gasteiger partial charge in [-0.15, -0.1) is 0 Å². The highest BCUT2D eigenvalue weighted by Crippen LogP contribution is 2.38. The highest BCUT2D eigenvalue weighted by atomic mass is 32.1. The number of nitro benzene ring substituents is 1. The van der Waals surface area contributed by atoms with Gasteiger partial charge >= 0.3 is 6.18 Å². The summed E-state index contributed by atoms with van der Waals surface area (Å²) in [6.45, 7) is 5.96. The molecule has 1 aromatic heterocycles. The average molecular weight is 459 g/mol. The summed E-state index contributed by atoms with van der Waals surface area (Å²) in [6, 6.07) is 1.13. The molecule has 0 unspecified atom stereocenters. The first-order valence-corrected chi connectivity index (χ1v) is 11.2. The predicted molar refractivity (Wildman–Crippen MR) is 115 cm³/mol. The van der Waals surface area contributed by atoms with E-state index in [-0.39, 0.29) is 10.1 Å². The minimum absolute atomic E-state index is 0.0775. The summed E-state index contributed by atoms with van der Waals surface area (Å²) in [4.78, 5) is 31.1. The van der Waals surface area contributed by atoms with Gasteiger partial charge in [-0.05, 0) is 19.0 Å². The lowest BCUT2D eigenvalue weighted by Crippen LogP contribution is -2.47. The van der Waals surface area contributed by atoms with E-state index in [1.54, 1.807) is 0 Å². The standard InChI is InChI=1S/C20H25F3N4O3S/c1-2-3-4-5-6-7-25-8-10-26(11-9-25)19-24-18(28)15-12-14(20(21,22)23)13-16(27(29)30)17(15)31-19/h12-13H,2-11H2,1H3. The number of unbranched alkanes of at least 4 members (excludes halogenated alkanes) is 4. The number of hydrogen-bond acceptors (Lipinski definition) is 7. The molecule has 11 heteroatoms. The summed E-state index contributed by atoms with van der Waals surface area (Å²) in [5.74, 6) is 0. The first-order chi connectivity index (χ1) is 14.7. The number of piperazine rings is 1. The van der Waals surface area contributed by atoms with Crippen molar-refractivity contribution in [1.82, 2.24) is 9.88 Å². The van der Waals surface area contributed by atoms with Crippen LogP contribution in [0.25, 0.3) is 10.1 Å². The van der Waals surface area contributed by atoms with Gasteiger partial charge < -0.3 is 4.90 Å². The second kappa shape index (κ2) is 9.90. The molecule has 1 fully saturated rings. The Morgan fingerprint density at radius 3 is 2.42 bits per heavy atom. The van der Waals surface area contributed by atoms with Crippen molar-refractivity contribution in [2.24, 2.45) is 0 Å². The SMILES string of the molecule is CCCCCCCN1CCN(c2nc(=O)c3cc(C(F)(F)F)cc([N+](=O)[O-])c3s2)CC1. The fourth-order valence-electron chi connectivity index (χ4n) is 3.68. The molecule has 170 valence electrons. The molecule has 0 N–H and O–H groups in total. The van der Waals surface area contributed by atoms with Gasteiger partial charge in [-0.2, -0.15) is 18.2 Å². The predicted octanol–water partition coefficient (Wildman–Crippen LogP) is 4.68. The first kappa shape index (κ1) is 23.4. The monoisotopic (exact) mass is 458 g/mol. The number of nitrogens with zero attached hydrogens (tertiary/aromatic N) is 4. The molecule has 0 aliphatic carbocycles. The van der Waals surface area contributed by atoms with Gasteiger partial charge in [0.1, 0.15) is 4.70 Å². The van der Waals surface area contributed by atoms with Gasteiger partial charge in [-0.3, -0.25) is 19.8 Å². The van der Waals surface area contributed by atoms with E-state index < -0.39 is 27.9 Å². The molecule has 0 bridgehead atoms. The normalized spacial score (nSPS) is 15.5. The average Bonchev–Trinajstić information content (AvgIpc) is 2.72. The Bertz CT molecular complexity index is 988. The first-order valence-electron chi connectivity index (χ1n) is 10.4. The molecule has 1 saturated heterocycles. The Labute approximate surface area is 181 Å². The van der Waals surface area contributed by atoms with Gasteiger partial charge in [-0.25, -0.2) is 0 Å². The zero-order valence-electron chi connectivity index (χ0n) is 17.3. The molecule has 31 heavy (non-hydrogen) atoms. The Balaban J connectivity index is 1.78. The Morgan fingerprint density at radius 2 is 1.81 bits per heavy atom. The van der Waals surface area contributed by atoms with Crippen LogP contribution in [0.4, 0.5) is 24.0 Å². The van der Waals surface area contributed by atoms with E-state index in [9.17, 15) is 28.1 Å². The van der Waals surface area contributed by atoms with E-state index in [4.69, 9.17) is 0 Å². The molecule has 1 aliphatic heterocycles. The Morgan fingerprint density at radius 1 is 1.13 bits per heavy atom. The fourth-order valence-corrected chi connectivity index (χ4v) is 4.79. The number of halogens is 3. The molecule has 0 saturated carbocycles. The van der Waals surface area contributed by atoms with Crippen LogP contribution in [0.1, 0.15) is 44.6 Å². The molecule has 0 radical (unpaired) electrons. The maximum atomic E-state index is 13.1. The van der Waals surface area contributed by atoms with Crippen LogP contribution in [-0.2, 0) is 6.18 Å². The Hall–Kier alpha value is -2.27. The van der Waals surface area contributed by atoms with E-state index in [1.807, 2.05) is 4.90 Å². The van der Waals surface area contributed by atoms with Crippen LogP contribution in [0.5, 0.6) is 0 Å². The number of non-ortho nitro benzene ring substituents is 1. The van der Waals surface area contributed by atoms with E-state index in [2.05, 4.69) is 16.8 Å². The second-order valence-corrected chi connectivity index (χ2v) is 8.65. The minimum Gasteiger partial charge on any atom is -0.345 e. The lowest BCUT2D eigenvalue weighted by Gasteiger charge is -2.34. The summed E-state index contributed by atoms with van der Waals surface area (Å²) in [5, 5.41) is 11.3. The highest BCUT2D eigenvalue weighted by molar-refractivity contribution is 7.22. The molecule has 3 rings (SSSR count). The number of anilines is 1. The zero-order valence-corrected chi connectivity index (χ0v) is 18.1. The fraction of sp³-hybridized carbons (Fsp3) is 0.600. The largest absolute Gasteiger partial charge is 0.416 e. The van der Waals surface area contributed by atoms with Crippen LogP contribution in [0.15, 0.2) is 16.9 Å². The van der Waals surface area contributed by atoms with Gasteiger partial charge in [0.25, 0.3) is 11.2 Å². The molecule has 2 heterocycles. The van der Waals surface area contributed by atoms with Crippen LogP contribution < -0.4 is 10.5 Å². The van der Waals surface area contributed by atoms with Gasteiger partial charge in [-0.1, -0.05) is 43.9 Å². The second-order valence-electron chi connectivity index (χ2n) is 7.67. The number of aromatic nitrogens is 1. The summed E-state index contributed by atoms with van der Waals surface area (Å²) < 4.78 is 39.2. The number of rotatable bonds is 8. The van der Waals surface area contributed by atoms with Crippen molar-refractivity contribution in [1.29, 1.82) is 0 Å². The molecule has 0 spiro atoms. The molecular formula is C20H25F3N4O3S. The van der Waals surface area contributed by atoms with Crippen LogP contribution in [0, 0.1) is 10.1 Å². The van der Waals surface area contributed by atoms with Gasteiger partial charge in [0.2, 0.25) is 0 Å². The van der Waals surface area contributed by atoms with E-state index >= 15 is 0 Å². The molecular weight excluding hydrogens is 433 g/mol. The van der Waals surface area contributed by atoms with E-state index in [0.717, 1.165) is 37.4 Å². The van der Waals surface area contributed by atoms with Crippen molar-refractivity contribution in [2.75, 3.05) is 37.6 Å². The third-order valence-electron chi connectivity index (χ3n) is 5.44. The number of benzene rings is 1. The van der Waals surface area contributed by atoms with Crippen molar-refractivity contribution in [3.8, 4) is 0 Å². The smallest absolute Gasteiger partial charge is 0.345 e. The summed E-state index contributed by atoms with van der Waals surface area (Å²) in [5.41, 5.74) is -2.82. The lowest BCUT2D eigenvalue weighted by atomic mass is 10.1. The topological polar surface area (TPSA) is 79.6 Å². The summed E-state index contributed by atoms with van der Waals surface area (Å²) in [7, 11) is 0. The zero-order chi connectivity index (χ0) is 22.6. The van der Waals surface area contributed by atoms with Crippen LogP contribution in [0.2, 0.25) is 0 Å². The van der Waals surface area contributed by atoms with E-state index in [1.165, 1.54) is 25.7 Å². The molecule has 0 amide bonds. The van der Waals surface area contributed by atoms with Gasteiger partial charge in [0.15, 0.2) is 5.13 Å². The lowest BCUT2D eigenvalue weighted by molar-refractivity contribution is -0.383. The number of nitro groups is 1. The summed E-state index contributed by atoms with van der Waals surface area (Å²) >= 11 is 0.897. The highest BCUT2D eigenvalue weighted by Gasteiger charge is 2.34. The molecule has 1 aromatic carbocycles. The molecule has 0 atom stereocenters. The van der Waals surface area contributed by atoms with E-state index in [0.29, 0.717) is 30.4 Å². The maximum absolute atomic E-state index is 13.1. The molecule has 2 aromatic rings. The third kappa shape index (κ3) is 5.70. The van der Waals surface area contributed by atoms with Crippen LogP contribution in [-0.4, -0.2) is 47.5 Å². The third-order valence-corrected chi connectivity index (χ3v) is 6.60.